The standard InChI is InChI=1S/C13H10BrFN2O2/c14-8-2-1-3-9(15)12(8)17-11-6-7(13(18)19)4-5-10(11)16/h1-6,17H,16H2,(H,18,19). The van der Waals surface area contributed by atoms with Crippen molar-refractivity contribution in [3.05, 3.63) is 52.3 Å². The molecule has 0 atom stereocenters. The lowest BCUT2D eigenvalue weighted by molar-refractivity contribution is 0.0697. The molecule has 0 saturated carbocycles. The third-order valence-corrected chi connectivity index (χ3v) is 3.18. The van der Waals surface area contributed by atoms with Crippen molar-refractivity contribution in [3.63, 3.8) is 0 Å². The van der Waals surface area contributed by atoms with Crippen molar-refractivity contribution in [2.24, 2.45) is 0 Å². The Morgan fingerprint density at radius 2 is 2.05 bits per heavy atom. The van der Waals surface area contributed by atoms with E-state index >= 15 is 0 Å². The first kappa shape index (κ1) is 13.4. The Morgan fingerprint density at radius 3 is 2.68 bits per heavy atom. The van der Waals surface area contributed by atoms with E-state index in [-0.39, 0.29) is 11.3 Å². The summed E-state index contributed by atoms with van der Waals surface area (Å²) in [6.07, 6.45) is 0. The van der Waals surface area contributed by atoms with Gasteiger partial charge in [0, 0.05) is 4.47 Å². The molecule has 0 saturated heterocycles. The van der Waals surface area contributed by atoms with Crippen LogP contribution in [0.5, 0.6) is 0 Å². The fourth-order valence-electron chi connectivity index (χ4n) is 1.55. The van der Waals surface area contributed by atoms with Crippen molar-refractivity contribution >= 4 is 39.0 Å². The van der Waals surface area contributed by atoms with Gasteiger partial charge in [0.1, 0.15) is 5.82 Å². The molecule has 0 aliphatic heterocycles. The molecule has 0 unspecified atom stereocenters. The third kappa shape index (κ3) is 2.85. The highest BCUT2D eigenvalue weighted by atomic mass is 79.9. The molecule has 2 aromatic carbocycles. The Bertz CT molecular complexity index is 626. The molecule has 0 fully saturated rings. The van der Waals surface area contributed by atoms with E-state index in [9.17, 15) is 9.18 Å². The van der Waals surface area contributed by atoms with Crippen LogP contribution in [0.2, 0.25) is 0 Å². The number of nitrogens with two attached hydrogens (primary N) is 1. The number of hydrogen-bond acceptors (Lipinski definition) is 3. The molecule has 0 spiro atoms. The molecule has 4 N–H and O–H groups in total. The van der Waals surface area contributed by atoms with Gasteiger partial charge in [0.25, 0.3) is 0 Å². The van der Waals surface area contributed by atoms with Crippen LogP contribution in [0, 0.1) is 5.82 Å². The van der Waals surface area contributed by atoms with E-state index in [0.717, 1.165) is 0 Å². The van der Waals surface area contributed by atoms with Gasteiger partial charge < -0.3 is 16.2 Å². The minimum atomic E-state index is -1.07. The van der Waals surface area contributed by atoms with Crippen molar-refractivity contribution in [2.75, 3.05) is 11.1 Å². The van der Waals surface area contributed by atoms with Gasteiger partial charge in [-0.1, -0.05) is 6.07 Å². The zero-order valence-electron chi connectivity index (χ0n) is 9.65. The highest BCUT2D eigenvalue weighted by molar-refractivity contribution is 9.10. The van der Waals surface area contributed by atoms with Crippen LogP contribution in [-0.4, -0.2) is 11.1 Å². The zero-order chi connectivity index (χ0) is 14.0. The fourth-order valence-corrected chi connectivity index (χ4v) is 1.99. The van der Waals surface area contributed by atoms with Crippen LogP contribution in [0.3, 0.4) is 0 Å². The van der Waals surface area contributed by atoms with Gasteiger partial charge >= 0.3 is 5.97 Å². The maximum absolute atomic E-state index is 13.7. The smallest absolute Gasteiger partial charge is 0.335 e. The van der Waals surface area contributed by atoms with Gasteiger partial charge in [0.15, 0.2) is 0 Å². The summed E-state index contributed by atoms with van der Waals surface area (Å²) in [5, 5.41) is 11.7. The summed E-state index contributed by atoms with van der Waals surface area (Å²) >= 11 is 3.22. The summed E-state index contributed by atoms with van der Waals surface area (Å²) < 4.78 is 14.2. The van der Waals surface area contributed by atoms with Gasteiger partial charge in [-0.25, -0.2) is 9.18 Å². The first-order chi connectivity index (χ1) is 8.99. The molecule has 19 heavy (non-hydrogen) atoms. The molecule has 0 aliphatic rings. The van der Waals surface area contributed by atoms with Gasteiger partial charge in [-0.15, -0.1) is 0 Å². The predicted molar refractivity (Wildman–Crippen MR) is 75.2 cm³/mol. The second-order valence-electron chi connectivity index (χ2n) is 3.83. The van der Waals surface area contributed by atoms with E-state index < -0.39 is 11.8 Å². The number of para-hydroxylation sites is 1. The van der Waals surface area contributed by atoms with Gasteiger partial charge in [-0.2, -0.15) is 0 Å². The van der Waals surface area contributed by atoms with Crippen molar-refractivity contribution in [3.8, 4) is 0 Å². The SMILES string of the molecule is Nc1ccc(C(=O)O)cc1Nc1c(F)cccc1Br. The first-order valence-electron chi connectivity index (χ1n) is 5.33. The molecule has 0 radical (unpaired) electrons. The third-order valence-electron chi connectivity index (χ3n) is 2.52. The molecule has 0 aliphatic carbocycles. The Balaban J connectivity index is 2.43. The van der Waals surface area contributed by atoms with Crippen LogP contribution >= 0.6 is 15.9 Å². The molecule has 0 heterocycles. The number of carboxylic acids is 1. The average Bonchev–Trinajstić information content (AvgIpc) is 2.35. The Hall–Kier alpha value is -2.08. The minimum Gasteiger partial charge on any atom is -0.478 e. The summed E-state index contributed by atoms with van der Waals surface area (Å²) in [5.74, 6) is -1.54. The molecule has 2 rings (SSSR count). The summed E-state index contributed by atoms with van der Waals surface area (Å²) in [4.78, 5) is 10.9. The van der Waals surface area contributed by atoms with E-state index in [0.29, 0.717) is 15.8 Å². The van der Waals surface area contributed by atoms with Gasteiger partial charge in [0.2, 0.25) is 0 Å². The van der Waals surface area contributed by atoms with Crippen LogP contribution in [0.15, 0.2) is 40.9 Å². The lowest BCUT2D eigenvalue weighted by atomic mass is 10.1. The number of carbonyl (C=O) groups is 1. The van der Waals surface area contributed by atoms with Crippen molar-refractivity contribution in [1.29, 1.82) is 0 Å². The number of anilines is 3. The second-order valence-corrected chi connectivity index (χ2v) is 4.68. The number of aromatic carboxylic acids is 1. The maximum Gasteiger partial charge on any atom is 0.335 e. The predicted octanol–water partition coefficient (Wildman–Crippen LogP) is 3.61. The second kappa shape index (κ2) is 5.27. The number of benzene rings is 2. The van der Waals surface area contributed by atoms with Crippen LogP contribution in [0.25, 0.3) is 0 Å². The molecule has 0 aromatic heterocycles. The number of nitrogens with one attached hydrogen (secondary N) is 1. The first-order valence-corrected chi connectivity index (χ1v) is 6.12. The normalized spacial score (nSPS) is 10.2. The molecule has 98 valence electrons. The van der Waals surface area contributed by atoms with Crippen LogP contribution in [-0.2, 0) is 0 Å². The average molecular weight is 325 g/mol. The largest absolute Gasteiger partial charge is 0.478 e. The zero-order valence-corrected chi connectivity index (χ0v) is 11.2. The van der Waals surface area contributed by atoms with Gasteiger partial charge in [-0.05, 0) is 46.3 Å². The molecule has 2 aromatic rings. The number of carboxylic acid groups (broad SMARTS) is 1. The van der Waals surface area contributed by atoms with E-state index in [1.54, 1.807) is 12.1 Å². The molecular weight excluding hydrogens is 315 g/mol. The quantitative estimate of drug-likeness (QED) is 0.754. The lowest BCUT2D eigenvalue weighted by Crippen LogP contribution is -2.02. The maximum atomic E-state index is 13.7. The summed E-state index contributed by atoms with van der Waals surface area (Å²) in [5.41, 5.74) is 6.70. The number of halogens is 2. The van der Waals surface area contributed by atoms with E-state index in [1.807, 2.05) is 0 Å². The van der Waals surface area contributed by atoms with Gasteiger partial charge in [0.05, 0.1) is 22.6 Å². The lowest BCUT2D eigenvalue weighted by Gasteiger charge is -2.12. The molecule has 4 nitrogen and oxygen atoms in total. The Labute approximate surface area is 117 Å². The Morgan fingerprint density at radius 1 is 1.32 bits per heavy atom. The fraction of sp³-hybridized carbons (Fsp3) is 0. The molecule has 0 amide bonds. The molecule has 0 bridgehead atoms. The summed E-state index contributed by atoms with van der Waals surface area (Å²) in [6, 6.07) is 8.73. The van der Waals surface area contributed by atoms with Crippen LogP contribution in [0.1, 0.15) is 10.4 Å². The number of nitrogen functional groups attached to an aromatic ring is 1. The van der Waals surface area contributed by atoms with Gasteiger partial charge in [-0.3, -0.25) is 0 Å². The van der Waals surface area contributed by atoms with Crippen LogP contribution in [0.4, 0.5) is 21.5 Å². The van der Waals surface area contributed by atoms with E-state index in [2.05, 4.69) is 21.2 Å². The number of hydrogen-bond donors (Lipinski definition) is 3. The van der Waals surface area contributed by atoms with E-state index in [4.69, 9.17) is 10.8 Å². The molecule has 6 heteroatoms. The summed E-state index contributed by atoms with van der Waals surface area (Å²) in [7, 11) is 0. The Kier molecular flexibility index (Phi) is 3.71. The minimum absolute atomic E-state index is 0.0733. The highest BCUT2D eigenvalue weighted by Crippen LogP contribution is 2.31. The van der Waals surface area contributed by atoms with E-state index in [1.165, 1.54) is 24.3 Å². The van der Waals surface area contributed by atoms with Crippen molar-refractivity contribution in [1.82, 2.24) is 0 Å². The highest BCUT2D eigenvalue weighted by Gasteiger charge is 2.11. The monoisotopic (exact) mass is 324 g/mol. The summed E-state index contributed by atoms with van der Waals surface area (Å²) in [6.45, 7) is 0. The van der Waals surface area contributed by atoms with Crippen molar-refractivity contribution < 1.29 is 14.3 Å². The molecular formula is C13H10BrFN2O2. The topological polar surface area (TPSA) is 75.4 Å². The van der Waals surface area contributed by atoms with Crippen molar-refractivity contribution in [2.45, 2.75) is 0 Å². The van der Waals surface area contributed by atoms with Crippen LogP contribution < -0.4 is 11.1 Å². The number of rotatable bonds is 3.